The van der Waals surface area contributed by atoms with Gasteiger partial charge in [-0.25, -0.2) is 0 Å². The van der Waals surface area contributed by atoms with Crippen LogP contribution in [0.5, 0.6) is 5.75 Å². The Bertz CT molecular complexity index is 576. The quantitative estimate of drug-likeness (QED) is 0.612. The van der Waals surface area contributed by atoms with Crippen molar-refractivity contribution in [1.82, 2.24) is 9.80 Å². The van der Waals surface area contributed by atoms with Gasteiger partial charge in [-0.1, -0.05) is 12.1 Å². The second kappa shape index (κ2) is 10.8. The van der Waals surface area contributed by atoms with Crippen molar-refractivity contribution in [2.45, 2.75) is 38.3 Å². The normalized spacial score (nSPS) is 23.2. The molecule has 2 saturated heterocycles. The van der Waals surface area contributed by atoms with Crippen LogP contribution >= 0.6 is 11.8 Å². The van der Waals surface area contributed by atoms with Gasteiger partial charge in [0.1, 0.15) is 12.4 Å². The predicted molar refractivity (Wildman–Crippen MR) is 116 cm³/mol. The van der Waals surface area contributed by atoms with E-state index in [2.05, 4.69) is 28.2 Å². The molecule has 1 spiro atoms. The van der Waals surface area contributed by atoms with Gasteiger partial charge < -0.3 is 19.8 Å². The molecule has 2 aliphatic rings. The van der Waals surface area contributed by atoms with Crippen molar-refractivity contribution in [3.63, 3.8) is 0 Å². The van der Waals surface area contributed by atoms with Gasteiger partial charge >= 0.3 is 0 Å². The highest BCUT2D eigenvalue weighted by molar-refractivity contribution is 7.98. The lowest BCUT2D eigenvalue weighted by Gasteiger charge is -2.49. The summed E-state index contributed by atoms with van der Waals surface area (Å²) < 4.78 is 5.44. The number of aliphatic hydroxyl groups excluding tert-OH is 2. The summed E-state index contributed by atoms with van der Waals surface area (Å²) >= 11 is 1.91. The molecule has 0 aromatic heterocycles. The van der Waals surface area contributed by atoms with E-state index in [1.807, 2.05) is 23.9 Å². The molecule has 6 heteroatoms. The van der Waals surface area contributed by atoms with Crippen LogP contribution in [0.25, 0.3) is 0 Å². The number of nitrogens with zero attached hydrogens (tertiary/aromatic N) is 2. The first-order valence-corrected chi connectivity index (χ1v) is 12.0. The van der Waals surface area contributed by atoms with Crippen molar-refractivity contribution in [2.24, 2.45) is 5.41 Å². The van der Waals surface area contributed by atoms with Crippen LogP contribution in [0.1, 0.15) is 31.2 Å². The molecule has 2 heterocycles. The van der Waals surface area contributed by atoms with Crippen LogP contribution in [0.4, 0.5) is 0 Å². The van der Waals surface area contributed by atoms with Gasteiger partial charge in [-0.05, 0) is 80.4 Å². The molecule has 2 N–H and O–H groups in total. The third kappa shape index (κ3) is 6.36. The maximum absolute atomic E-state index is 10.5. The number of benzene rings is 1. The summed E-state index contributed by atoms with van der Waals surface area (Å²) in [7, 11) is 0. The van der Waals surface area contributed by atoms with Gasteiger partial charge in [-0.3, -0.25) is 4.90 Å². The first kappa shape index (κ1) is 21.9. The van der Waals surface area contributed by atoms with E-state index in [1.54, 1.807) is 0 Å². The number of hydrogen-bond acceptors (Lipinski definition) is 6. The monoisotopic (exact) mass is 408 g/mol. The fourth-order valence-electron chi connectivity index (χ4n) is 4.73. The number of rotatable bonds is 9. The Kier molecular flexibility index (Phi) is 8.48. The van der Waals surface area contributed by atoms with Crippen LogP contribution in [0.2, 0.25) is 0 Å². The molecular formula is C22H36N2O3S. The Morgan fingerprint density at radius 1 is 1.18 bits per heavy atom. The summed E-state index contributed by atoms with van der Waals surface area (Å²) in [5, 5.41) is 19.3. The highest BCUT2D eigenvalue weighted by Crippen LogP contribution is 2.40. The third-order valence-corrected chi connectivity index (χ3v) is 6.82. The lowest BCUT2D eigenvalue weighted by Crippen LogP contribution is -2.53. The van der Waals surface area contributed by atoms with E-state index in [9.17, 15) is 5.11 Å². The zero-order valence-corrected chi connectivity index (χ0v) is 18.0. The average molecular weight is 409 g/mol. The lowest BCUT2D eigenvalue weighted by atomic mass is 9.71. The predicted octanol–water partition coefficient (Wildman–Crippen LogP) is 2.46. The molecule has 0 aliphatic carbocycles. The molecule has 0 amide bonds. The standard InChI is InChI=1S/C22H36N2O3S/c1-28-14-2-9-24-17-20(26)15-22(18-24)7-10-23(11-8-22)16-19-3-5-21(6-4-19)27-13-12-25/h3-6,20,25-26H,2,7-18H2,1H3. The van der Waals surface area contributed by atoms with Crippen LogP contribution < -0.4 is 4.74 Å². The van der Waals surface area contributed by atoms with Crippen molar-refractivity contribution < 1.29 is 14.9 Å². The molecule has 1 unspecified atom stereocenters. The molecule has 1 aromatic rings. The Balaban J connectivity index is 1.47. The molecule has 0 radical (unpaired) electrons. The van der Waals surface area contributed by atoms with Crippen LogP contribution in [-0.2, 0) is 6.54 Å². The van der Waals surface area contributed by atoms with E-state index < -0.39 is 0 Å². The number of piperidine rings is 2. The number of hydrogen-bond donors (Lipinski definition) is 2. The maximum Gasteiger partial charge on any atom is 0.119 e. The van der Waals surface area contributed by atoms with Crippen molar-refractivity contribution in [2.75, 3.05) is 57.9 Å². The van der Waals surface area contributed by atoms with Crippen LogP contribution in [0, 0.1) is 5.41 Å². The van der Waals surface area contributed by atoms with E-state index in [1.165, 1.54) is 30.6 Å². The van der Waals surface area contributed by atoms with Crippen molar-refractivity contribution in [1.29, 1.82) is 0 Å². The minimum absolute atomic E-state index is 0.0426. The summed E-state index contributed by atoms with van der Waals surface area (Å²) in [5.74, 6) is 2.02. The Labute approximate surface area is 174 Å². The Morgan fingerprint density at radius 2 is 1.93 bits per heavy atom. The minimum Gasteiger partial charge on any atom is -0.491 e. The third-order valence-electron chi connectivity index (χ3n) is 6.13. The molecule has 28 heavy (non-hydrogen) atoms. The van der Waals surface area contributed by atoms with E-state index in [4.69, 9.17) is 9.84 Å². The fraction of sp³-hybridized carbons (Fsp3) is 0.727. The molecular weight excluding hydrogens is 372 g/mol. The Morgan fingerprint density at radius 3 is 2.61 bits per heavy atom. The van der Waals surface area contributed by atoms with E-state index in [0.29, 0.717) is 12.0 Å². The molecule has 3 rings (SSSR count). The number of aliphatic hydroxyl groups is 2. The van der Waals surface area contributed by atoms with Gasteiger partial charge in [0.25, 0.3) is 0 Å². The lowest BCUT2D eigenvalue weighted by molar-refractivity contribution is -0.0416. The second-order valence-electron chi connectivity index (χ2n) is 8.43. The topological polar surface area (TPSA) is 56.2 Å². The van der Waals surface area contributed by atoms with Crippen LogP contribution in [-0.4, -0.2) is 84.1 Å². The largest absolute Gasteiger partial charge is 0.491 e. The fourth-order valence-corrected chi connectivity index (χ4v) is 5.15. The van der Waals surface area contributed by atoms with Crippen LogP contribution in [0.3, 0.4) is 0 Å². The van der Waals surface area contributed by atoms with Crippen molar-refractivity contribution in [3.8, 4) is 5.75 Å². The molecule has 2 fully saturated rings. The van der Waals surface area contributed by atoms with Gasteiger partial charge in [-0.15, -0.1) is 0 Å². The number of ether oxygens (including phenoxy) is 1. The Hall–Kier alpha value is -0.790. The maximum atomic E-state index is 10.5. The summed E-state index contributed by atoms with van der Waals surface area (Å²) in [5.41, 5.74) is 1.60. The smallest absolute Gasteiger partial charge is 0.119 e. The zero-order chi connectivity index (χ0) is 19.8. The molecule has 1 aromatic carbocycles. The minimum atomic E-state index is -0.166. The van der Waals surface area contributed by atoms with Crippen molar-refractivity contribution >= 4 is 11.8 Å². The van der Waals surface area contributed by atoms with E-state index in [0.717, 1.165) is 51.4 Å². The summed E-state index contributed by atoms with van der Waals surface area (Å²) in [6, 6.07) is 8.21. The molecule has 5 nitrogen and oxygen atoms in total. The van der Waals surface area contributed by atoms with Crippen LogP contribution in [0.15, 0.2) is 24.3 Å². The van der Waals surface area contributed by atoms with Crippen molar-refractivity contribution in [3.05, 3.63) is 29.8 Å². The zero-order valence-electron chi connectivity index (χ0n) is 17.2. The first-order chi connectivity index (χ1) is 13.6. The van der Waals surface area contributed by atoms with Gasteiger partial charge in [0.15, 0.2) is 0 Å². The second-order valence-corrected chi connectivity index (χ2v) is 9.42. The highest BCUT2D eigenvalue weighted by atomic mass is 32.2. The highest BCUT2D eigenvalue weighted by Gasteiger charge is 2.41. The van der Waals surface area contributed by atoms with E-state index in [-0.39, 0.29) is 12.7 Å². The SMILES string of the molecule is CSCCCN1CC(O)CC2(CCN(Cc3ccc(OCCO)cc3)CC2)C1. The molecule has 2 aliphatic heterocycles. The molecule has 158 valence electrons. The van der Waals surface area contributed by atoms with Gasteiger partial charge in [0.2, 0.25) is 0 Å². The van der Waals surface area contributed by atoms with E-state index >= 15 is 0 Å². The van der Waals surface area contributed by atoms with Gasteiger partial charge in [-0.2, -0.15) is 11.8 Å². The average Bonchev–Trinajstić information content (AvgIpc) is 2.69. The summed E-state index contributed by atoms with van der Waals surface area (Å²) in [6.45, 7) is 6.69. The first-order valence-electron chi connectivity index (χ1n) is 10.6. The number of β-amino-alcohol motifs (C(OH)–C–C–N with tert-alkyl or cyclic N) is 1. The molecule has 1 atom stereocenters. The van der Waals surface area contributed by atoms with Gasteiger partial charge in [0.05, 0.1) is 12.7 Å². The van der Waals surface area contributed by atoms with Gasteiger partial charge in [0, 0.05) is 19.6 Å². The molecule has 0 saturated carbocycles. The summed E-state index contributed by atoms with van der Waals surface area (Å²) in [6.07, 6.45) is 6.55. The molecule has 0 bridgehead atoms. The number of likely N-dealkylation sites (tertiary alicyclic amines) is 2. The summed E-state index contributed by atoms with van der Waals surface area (Å²) in [4.78, 5) is 5.04. The number of thioether (sulfide) groups is 1.